The SMILES string of the molecule is C=CC(=O)O.CC(O)C(C)CO. The molecule has 0 aromatic carbocycles. The largest absolute Gasteiger partial charge is 0.478 e. The van der Waals surface area contributed by atoms with Crippen molar-refractivity contribution in [2.45, 2.75) is 20.0 Å². The maximum atomic E-state index is 9.25. The Morgan fingerprint density at radius 3 is 1.92 bits per heavy atom. The van der Waals surface area contributed by atoms with Gasteiger partial charge >= 0.3 is 5.97 Å². The lowest BCUT2D eigenvalue weighted by Crippen LogP contribution is -2.16. The third kappa shape index (κ3) is 11.9. The Balaban J connectivity index is 0. The third-order valence-corrected chi connectivity index (χ3v) is 1.29. The summed E-state index contributed by atoms with van der Waals surface area (Å²) >= 11 is 0. The molecule has 0 aliphatic rings. The fourth-order valence-corrected chi connectivity index (χ4v) is 0.153. The molecule has 0 aromatic rings. The number of carboxylic acid groups (broad SMARTS) is 1. The van der Waals surface area contributed by atoms with Crippen molar-refractivity contribution in [1.82, 2.24) is 0 Å². The average Bonchev–Trinajstić information content (AvgIpc) is 2.04. The van der Waals surface area contributed by atoms with Crippen LogP contribution in [0.2, 0.25) is 0 Å². The number of aliphatic carboxylic acids is 1. The average molecular weight is 176 g/mol. The van der Waals surface area contributed by atoms with Crippen LogP contribution in [-0.4, -0.2) is 34.0 Å². The quantitative estimate of drug-likeness (QED) is 0.539. The molecule has 2 atom stereocenters. The molecular formula is C8H16O4. The summed E-state index contributed by atoms with van der Waals surface area (Å²) in [5.41, 5.74) is 0. The van der Waals surface area contributed by atoms with E-state index in [0.29, 0.717) is 0 Å². The van der Waals surface area contributed by atoms with E-state index in [2.05, 4.69) is 6.58 Å². The fraction of sp³-hybridized carbons (Fsp3) is 0.625. The van der Waals surface area contributed by atoms with Crippen LogP contribution in [-0.2, 0) is 4.79 Å². The van der Waals surface area contributed by atoms with Crippen molar-refractivity contribution in [2.75, 3.05) is 6.61 Å². The monoisotopic (exact) mass is 176 g/mol. The summed E-state index contributed by atoms with van der Waals surface area (Å²) in [6.45, 7) is 6.49. The molecule has 0 amide bonds. The topological polar surface area (TPSA) is 77.8 Å². The minimum atomic E-state index is -0.981. The van der Waals surface area contributed by atoms with E-state index in [1.54, 1.807) is 13.8 Å². The van der Waals surface area contributed by atoms with Crippen molar-refractivity contribution >= 4 is 5.97 Å². The molecule has 4 heteroatoms. The van der Waals surface area contributed by atoms with Gasteiger partial charge < -0.3 is 15.3 Å². The molecule has 72 valence electrons. The van der Waals surface area contributed by atoms with Crippen LogP contribution in [0.3, 0.4) is 0 Å². The molecular weight excluding hydrogens is 160 g/mol. The molecule has 0 spiro atoms. The molecule has 12 heavy (non-hydrogen) atoms. The van der Waals surface area contributed by atoms with Gasteiger partial charge in [-0.3, -0.25) is 0 Å². The number of carboxylic acids is 1. The standard InChI is InChI=1S/C5H12O2.C3H4O2/c1-4(3-6)5(2)7;1-2-3(4)5/h4-7H,3H2,1-2H3;2H,1H2,(H,4,5). The molecule has 0 aliphatic heterocycles. The molecule has 0 aromatic heterocycles. The lowest BCUT2D eigenvalue weighted by molar-refractivity contribution is -0.131. The van der Waals surface area contributed by atoms with E-state index in [0.717, 1.165) is 6.08 Å². The second-order valence-electron chi connectivity index (χ2n) is 2.44. The second-order valence-corrected chi connectivity index (χ2v) is 2.44. The number of aliphatic hydroxyl groups is 2. The Labute approximate surface area is 72.2 Å². The van der Waals surface area contributed by atoms with Crippen LogP contribution in [0.1, 0.15) is 13.8 Å². The zero-order valence-electron chi connectivity index (χ0n) is 7.40. The van der Waals surface area contributed by atoms with Gasteiger partial charge in [-0.05, 0) is 6.92 Å². The third-order valence-electron chi connectivity index (χ3n) is 1.29. The van der Waals surface area contributed by atoms with Crippen molar-refractivity contribution in [1.29, 1.82) is 0 Å². The highest BCUT2D eigenvalue weighted by atomic mass is 16.4. The molecule has 0 bridgehead atoms. The van der Waals surface area contributed by atoms with E-state index in [1.807, 2.05) is 0 Å². The molecule has 0 saturated carbocycles. The van der Waals surface area contributed by atoms with E-state index >= 15 is 0 Å². The van der Waals surface area contributed by atoms with Crippen LogP contribution < -0.4 is 0 Å². The fourth-order valence-electron chi connectivity index (χ4n) is 0.153. The van der Waals surface area contributed by atoms with E-state index in [1.165, 1.54) is 0 Å². The Bertz CT molecular complexity index is 131. The lowest BCUT2D eigenvalue weighted by atomic mass is 10.1. The molecule has 4 nitrogen and oxygen atoms in total. The van der Waals surface area contributed by atoms with Gasteiger partial charge in [-0.25, -0.2) is 4.79 Å². The summed E-state index contributed by atoms with van der Waals surface area (Å²) in [7, 11) is 0. The highest BCUT2D eigenvalue weighted by Crippen LogP contribution is 1.97. The summed E-state index contributed by atoms with van der Waals surface area (Å²) in [4.78, 5) is 9.25. The minimum Gasteiger partial charge on any atom is -0.478 e. The summed E-state index contributed by atoms with van der Waals surface area (Å²) in [6, 6.07) is 0. The molecule has 0 saturated heterocycles. The van der Waals surface area contributed by atoms with Crippen LogP contribution in [0.15, 0.2) is 12.7 Å². The maximum absolute atomic E-state index is 9.25. The predicted molar refractivity (Wildman–Crippen MR) is 45.8 cm³/mol. The first-order chi connectivity index (χ1) is 5.45. The van der Waals surface area contributed by atoms with Gasteiger partial charge in [-0.1, -0.05) is 13.5 Å². The van der Waals surface area contributed by atoms with E-state index in [9.17, 15) is 4.79 Å². The minimum absolute atomic E-state index is 0.0139. The zero-order valence-corrected chi connectivity index (χ0v) is 7.40. The van der Waals surface area contributed by atoms with Gasteiger partial charge in [-0.2, -0.15) is 0 Å². The van der Waals surface area contributed by atoms with Crippen LogP contribution in [0.5, 0.6) is 0 Å². The Kier molecular flexibility index (Phi) is 9.40. The van der Waals surface area contributed by atoms with Crippen molar-refractivity contribution in [3.63, 3.8) is 0 Å². The number of rotatable bonds is 3. The van der Waals surface area contributed by atoms with Gasteiger partial charge in [0.25, 0.3) is 0 Å². The van der Waals surface area contributed by atoms with Crippen LogP contribution in [0.4, 0.5) is 0 Å². The Morgan fingerprint density at radius 2 is 1.92 bits per heavy atom. The molecule has 3 N–H and O–H groups in total. The van der Waals surface area contributed by atoms with Gasteiger partial charge in [0.1, 0.15) is 0 Å². The Morgan fingerprint density at radius 1 is 1.58 bits per heavy atom. The molecule has 0 heterocycles. The lowest BCUT2D eigenvalue weighted by Gasteiger charge is -2.08. The van der Waals surface area contributed by atoms with Crippen LogP contribution in [0.25, 0.3) is 0 Å². The van der Waals surface area contributed by atoms with Crippen molar-refractivity contribution in [3.8, 4) is 0 Å². The molecule has 0 rings (SSSR count). The van der Waals surface area contributed by atoms with E-state index in [-0.39, 0.29) is 18.6 Å². The van der Waals surface area contributed by atoms with Gasteiger partial charge in [0.15, 0.2) is 0 Å². The highest BCUT2D eigenvalue weighted by molar-refractivity contribution is 5.78. The number of aliphatic hydroxyl groups excluding tert-OH is 2. The number of hydrogen-bond donors (Lipinski definition) is 3. The highest BCUT2D eigenvalue weighted by Gasteiger charge is 2.04. The molecule has 0 radical (unpaired) electrons. The first-order valence-corrected chi connectivity index (χ1v) is 3.60. The summed E-state index contributed by atoms with van der Waals surface area (Å²) in [5, 5.41) is 24.6. The Hall–Kier alpha value is -0.870. The zero-order chi connectivity index (χ0) is 10.1. The van der Waals surface area contributed by atoms with Crippen LogP contribution in [0, 0.1) is 5.92 Å². The number of carbonyl (C=O) groups is 1. The molecule has 2 unspecified atom stereocenters. The molecule has 0 aliphatic carbocycles. The van der Waals surface area contributed by atoms with Crippen molar-refractivity contribution in [2.24, 2.45) is 5.92 Å². The molecule has 0 fully saturated rings. The van der Waals surface area contributed by atoms with Crippen LogP contribution >= 0.6 is 0 Å². The predicted octanol–water partition coefficient (Wildman–Crippen LogP) is 0.253. The van der Waals surface area contributed by atoms with Crippen molar-refractivity contribution in [3.05, 3.63) is 12.7 Å². The summed E-state index contributed by atoms with van der Waals surface area (Å²) < 4.78 is 0. The summed E-state index contributed by atoms with van der Waals surface area (Å²) in [5.74, 6) is -0.968. The van der Waals surface area contributed by atoms with Gasteiger partial charge in [0.2, 0.25) is 0 Å². The van der Waals surface area contributed by atoms with E-state index in [4.69, 9.17) is 15.3 Å². The number of hydrogen-bond acceptors (Lipinski definition) is 3. The smallest absolute Gasteiger partial charge is 0.327 e. The maximum Gasteiger partial charge on any atom is 0.327 e. The second kappa shape index (κ2) is 8.23. The first kappa shape index (κ1) is 13.7. The van der Waals surface area contributed by atoms with Gasteiger partial charge in [0, 0.05) is 18.6 Å². The van der Waals surface area contributed by atoms with Gasteiger partial charge in [0.05, 0.1) is 6.10 Å². The van der Waals surface area contributed by atoms with Crippen molar-refractivity contribution < 1.29 is 20.1 Å². The normalized spacial score (nSPS) is 13.7. The van der Waals surface area contributed by atoms with E-state index < -0.39 is 5.97 Å². The van der Waals surface area contributed by atoms with Gasteiger partial charge in [-0.15, -0.1) is 0 Å². The first-order valence-electron chi connectivity index (χ1n) is 3.60. The summed E-state index contributed by atoms with van der Waals surface area (Å²) in [6.07, 6.45) is 0.449.